The zero-order valence-electron chi connectivity index (χ0n) is 14.9. The topological polar surface area (TPSA) is 81.2 Å². The van der Waals surface area contributed by atoms with Crippen molar-refractivity contribution >= 4 is 17.7 Å². The molecule has 1 aromatic rings. The second-order valence-corrected chi connectivity index (χ2v) is 5.95. The molecule has 132 valence electrons. The number of aromatic nitrogens is 2. The molecule has 6 nitrogen and oxygen atoms in total. The molecule has 2 aliphatic carbocycles. The first-order valence-electron chi connectivity index (χ1n) is 8.19. The maximum absolute atomic E-state index is 12.8. The molecule has 3 rings (SSSR count). The van der Waals surface area contributed by atoms with Crippen molar-refractivity contribution in [1.29, 1.82) is 0 Å². The van der Waals surface area contributed by atoms with E-state index in [1.807, 2.05) is 44.2 Å². The lowest BCUT2D eigenvalue weighted by atomic mass is 10.1. The zero-order chi connectivity index (χ0) is 18.7. The second kappa shape index (κ2) is 7.31. The van der Waals surface area contributed by atoms with Gasteiger partial charge >= 0.3 is 5.97 Å². The normalized spacial score (nSPS) is 10.6. The van der Waals surface area contributed by atoms with E-state index in [4.69, 9.17) is 4.74 Å². The lowest BCUT2D eigenvalue weighted by molar-refractivity contribution is 0.0602. The predicted octanol–water partition coefficient (Wildman–Crippen LogP) is 3.28. The predicted molar refractivity (Wildman–Crippen MR) is 98.7 cm³/mol. The summed E-state index contributed by atoms with van der Waals surface area (Å²) >= 11 is 0. The highest BCUT2D eigenvalue weighted by Crippen LogP contribution is 2.32. The van der Waals surface area contributed by atoms with Crippen LogP contribution in [0.3, 0.4) is 0 Å². The van der Waals surface area contributed by atoms with Crippen LogP contribution in [0.15, 0.2) is 42.5 Å². The van der Waals surface area contributed by atoms with E-state index in [-0.39, 0.29) is 12.3 Å². The average molecular weight is 349 g/mol. The Bertz CT molecular complexity index is 933. The summed E-state index contributed by atoms with van der Waals surface area (Å²) in [6, 6.07) is 12.6. The molecule has 0 radical (unpaired) electrons. The summed E-state index contributed by atoms with van der Waals surface area (Å²) in [5.74, 6) is -0.213. The molecule has 0 saturated heterocycles. The zero-order valence-corrected chi connectivity index (χ0v) is 14.9. The first kappa shape index (κ1) is 17.5. The SMILES string of the molecule is COC(=O)c1cc(C(=O)CNc2nc(C)cc(C)n2)c2cccccc1-2. The van der Waals surface area contributed by atoms with Crippen molar-refractivity contribution in [3.63, 3.8) is 0 Å². The Balaban J connectivity index is 1.90. The number of ketones is 1. The minimum absolute atomic E-state index is 0.0290. The van der Waals surface area contributed by atoms with Crippen LogP contribution in [-0.2, 0) is 4.74 Å². The first-order chi connectivity index (χ1) is 12.5. The summed E-state index contributed by atoms with van der Waals surface area (Å²) in [6.45, 7) is 3.77. The molecule has 1 aromatic heterocycles. The monoisotopic (exact) mass is 349 g/mol. The van der Waals surface area contributed by atoms with Gasteiger partial charge in [-0.05, 0) is 37.1 Å². The molecule has 1 heterocycles. The van der Waals surface area contributed by atoms with Crippen LogP contribution in [0.25, 0.3) is 11.1 Å². The summed E-state index contributed by atoms with van der Waals surface area (Å²) in [6.07, 6.45) is 0. The number of carbonyl (C=O) groups is 2. The van der Waals surface area contributed by atoms with Crippen molar-refractivity contribution in [2.24, 2.45) is 0 Å². The highest BCUT2D eigenvalue weighted by Gasteiger charge is 2.23. The molecule has 0 spiro atoms. The van der Waals surface area contributed by atoms with Gasteiger partial charge in [0.05, 0.1) is 19.2 Å². The summed E-state index contributed by atoms with van der Waals surface area (Å²) in [5, 5.41) is 2.96. The van der Waals surface area contributed by atoms with Gasteiger partial charge in [0.25, 0.3) is 0 Å². The molecule has 0 aromatic carbocycles. The molecule has 0 unspecified atom stereocenters. The number of carbonyl (C=O) groups excluding carboxylic acids is 2. The van der Waals surface area contributed by atoms with Crippen molar-refractivity contribution in [3.8, 4) is 11.1 Å². The number of hydrogen-bond donors (Lipinski definition) is 1. The molecule has 0 aliphatic heterocycles. The summed E-state index contributed by atoms with van der Waals surface area (Å²) < 4.78 is 4.84. The molecule has 2 aliphatic rings. The summed E-state index contributed by atoms with van der Waals surface area (Å²) in [5.41, 5.74) is 3.90. The Labute approximate surface area is 151 Å². The molecule has 26 heavy (non-hydrogen) atoms. The van der Waals surface area contributed by atoms with Gasteiger partial charge in [0.1, 0.15) is 0 Å². The molecule has 0 saturated carbocycles. The van der Waals surface area contributed by atoms with Gasteiger partial charge < -0.3 is 10.1 Å². The third-order valence-corrected chi connectivity index (χ3v) is 4.00. The van der Waals surface area contributed by atoms with E-state index in [0.717, 1.165) is 11.4 Å². The van der Waals surface area contributed by atoms with Crippen molar-refractivity contribution in [3.05, 3.63) is 65.0 Å². The fourth-order valence-electron chi connectivity index (χ4n) is 2.89. The standard InChI is InChI=1S/C20H19N3O3/c1-12-9-13(2)23-20(22-12)21-11-18(24)16-10-17(19(25)26-3)15-8-6-4-5-7-14(15)16/h4-10H,11H2,1-3H3,(H,21,22,23). The molecule has 0 bridgehead atoms. The molecule has 1 N–H and O–H groups in total. The fraction of sp³-hybridized carbons (Fsp3) is 0.200. The van der Waals surface area contributed by atoms with E-state index >= 15 is 0 Å². The van der Waals surface area contributed by atoms with Crippen molar-refractivity contribution in [2.45, 2.75) is 13.8 Å². The van der Waals surface area contributed by atoms with E-state index < -0.39 is 5.97 Å². The summed E-state index contributed by atoms with van der Waals surface area (Å²) in [7, 11) is 1.32. The van der Waals surface area contributed by atoms with Crippen LogP contribution >= 0.6 is 0 Å². The number of anilines is 1. The van der Waals surface area contributed by atoms with E-state index in [1.165, 1.54) is 7.11 Å². The van der Waals surface area contributed by atoms with Gasteiger partial charge in [-0.1, -0.05) is 30.3 Å². The second-order valence-electron chi connectivity index (χ2n) is 5.95. The highest BCUT2D eigenvalue weighted by atomic mass is 16.5. The number of methoxy groups -OCH3 is 1. The minimum Gasteiger partial charge on any atom is -0.465 e. The number of hydrogen-bond acceptors (Lipinski definition) is 6. The molecular weight excluding hydrogens is 330 g/mol. The Kier molecular flexibility index (Phi) is 4.93. The summed E-state index contributed by atoms with van der Waals surface area (Å²) in [4.78, 5) is 33.3. The number of ether oxygens (including phenoxy) is 1. The Morgan fingerprint density at radius 1 is 0.962 bits per heavy atom. The number of fused-ring (bicyclic) bond motifs is 1. The van der Waals surface area contributed by atoms with E-state index in [2.05, 4.69) is 15.3 Å². The van der Waals surface area contributed by atoms with Gasteiger partial charge in [-0.25, -0.2) is 14.8 Å². The molecule has 0 amide bonds. The third kappa shape index (κ3) is 3.54. The van der Waals surface area contributed by atoms with Crippen LogP contribution < -0.4 is 5.32 Å². The Morgan fingerprint density at radius 2 is 1.58 bits per heavy atom. The lowest BCUT2D eigenvalue weighted by Gasteiger charge is -2.06. The van der Waals surface area contributed by atoms with E-state index in [0.29, 0.717) is 28.2 Å². The lowest BCUT2D eigenvalue weighted by Crippen LogP contribution is -2.16. The van der Waals surface area contributed by atoms with Crippen LogP contribution in [0.2, 0.25) is 0 Å². The largest absolute Gasteiger partial charge is 0.465 e. The van der Waals surface area contributed by atoms with Gasteiger partial charge in [-0.15, -0.1) is 0 Å². The van der Waals surface area contributed by atoms with Crippen LogP contribution in [-0.4, -0.2) is 35.4 Å². The number of Topliss-reactive ketones (excluding diaryl/α,β-unsaturated/α-hetero) is 1. The Morgan fingerprint density at radius 3 is 2.19 bits per heavy atom. The van der Waals surface area contributed by atoms with Crippen molar-refractivity contribution < 1.29 is 14.3 Å². The van der Waals surface area contributed by atoms with Crippen LogP contribution in [0.5, 0.6) is 0 Å². The van der Waals surface area contributed by atoms with Gasteiger partial charge in [-0.2, -0.15) is 0 Å². The van der Waals surface area contributed by atoms with Gasteiger partial charge in [0, 0.05) is 17.0 Å². The smallest absolute Gasteiger partial charge is 0.338 e. The number of esters is 1. The Hall–Kier alpha value is -3.28. The van der Waals surface area contributed by atoms with Gasteiger partial charge in [0.15, 0.2) is 5.78 Å². The van der Waals surface area contributed by atoms with E-state index in [1.54, 1.807) is 12.1 Å². The maximum atomic E-state index is 12.8. The highest BCUT2D eigenvalue weighted by molar-refractivity contribution is 6.11. The van der Waals surface area contributed by atoms with Crippen LogP contribution in [0.1, 0.15) is 32.1 Å². The van der Waals surface area contributed by atoms with E-state index in [9.17, 15) is 9.59 Å². The first-order valence-corrected chi connectivity index (χ1v) is 8.19. The van der Waals surface area contributed by atoms with Gasteiger partial charge in [-0.3, -0.25) is 4.79 Å². The number of aryl methyl sites for hydroxylation is 2. The van der Waals surface area contributed by atoms with Crippen molar-refractivity contribution in [2.75, 3.05) is 19.0 Å². The molecule has 6 heteroatoms. The quantitative estimate of drug-likeness (QED) is 0.562. The number of nitrogens with one attached hydrogen (secondary N) is 1. The molecule has 0 fully saturated rings. The number of nitrogens with zero attached hydrogens (tertiary/aromatic N) is 2. The fourth-order valence-corrected chi connectivity index (χ4v) is 2.89. The van der Waals surface area contributed by atoms with Crippen LogP contribution in [0, 0.1) is 13.8 Å². The maximum Gasteiger partial charge on any atom is 0.338 e. The minimum atomic E-state index is -0.467. The number of rotatable bonds is 5. The third-order valence-electron chi connectivity index (χ3n) is 4.00. The van der Waals surface area contributed by atoms with Gasteiger partial charge in [0.2, 0.25) is 5.95 Å². The van der Waals surface area contributed by atoms with Crippen molar-refractivity contribution in [1.82, 2.24) is 9.97 Å². The molecular formula is C20H19N3O3. The molecule has 0 atom stereocenters. The average Bonchev–Trinajstić information content (AvgIpc) is 2.80. The van der Waals surface area contributed by atoms with Crippen LogP contribution in [0.4, 0.5) is 5.95 Å².